The molecule has 1 N–H and O–H groups in total. The van der Waals surface area contributed by atoms with Crippen molar-refractivity contribution in [1.82, 2.24) is 9.88 Å². The van der Waals surface area contributed by atoms with Gasteiger partial charge in [0.2, 0.25) is 0 Å². The molecule has 3 fully saturated rings. The molecule has 1 aromatic heterocycles. The highest BCUT2D eigenvalue weighted by Gasteiger charge is 2.35. The first-order valence-corrected chi connectivity index (χ1v) is 7.79. The van der Waals surface area contributed by atoms with Crippen LogP contribution in [0, 0.1) is 11.3 Å². The molecule has 1 saturated heterocycles. The van der Waals surface area contributed by atoms with Gasteiger partial charge in [0.1, 0.15) is 0 Å². The molecule has 21 heavy (non-hydrogen) atoms. The van der Waals surface area contributed by atoms with Gasteiger partial charge in [-0.2, -0.15) is 5.26 Å². The second-order valence-corrected chi connectivity index (χ2v) is 6.34. The Morgan fingerprint density at radius 2 is 2.10 bits per heavy atom. The van der Waals surface area contributed by atoms with E-state index in [0.717, 1.165) is 11.3 Å². The van der Waals surface area contributed by atoms with Crippen molar-refractivity contribution in [2.75, 3.05) is 19.7 Å². The highest BCUT2D eigenvalue weighted by molar-refractivity contribution is 5.96. The number of nitrogens with one attached hydrogen (secondary N) is 1. The maximum absolute atomic E-state index is 12.8. The van der Waals surface area contributed by atoms with Crippen LogP contribution >= 0.6 is 0 Å². The summed E-state index contributed by atoms with van der Waals surface area (Å²) in [6.45, 7) is 1.40. The van der Waals surface area contributed by atoms with Crippen LogP contribution in [0.4, 0.5) is 0 Å². The lowest BCUT2D eigenvalue weighted by Crippen LogP contribution is -2.45. The fourth-order valence-electron chi connectivity index (χ4n) is 3.06. The van der Waals surface area contributed by atoms with Gasteiger partial charge in [-0.25, -0.2) is 0 Å². The Kier molecular flexibility index (Phi) is 3.00. The zero-order chi connectivity index (χ0) is 14.4. The number of morpholine rings is 1. The van der Waals surface area contributed by atoms with Gasteiger partial charge in [-0.1, -0.05) is 0 Å². The number of nitriles is 1. The minimum atomic E-state index is -0.492. The smallest absolute Gasteiger partial charge is 0.255 e. The second kappa shape index (κ2) is 4.88. The molecular formula is C16H19N3O2. The highest BCUT2D eigenvalue weighted by Crippen LogP contribution is 2.45. The molecule has 2 heterocycles. The van der Waals surface area contributed by atoms with Crippen LogP contribution in [0.25, 0.3) is 0 Å². The first-order chi connectivity index (χ1) is 10.3. The van der Waals surface area contributed by atoms with Crippen LogP contribution in [-0.2, 0) is 4.74 Å². The number of hydrogen-bond donors (Lipinski definition) is 1. The number of hydrogen-bond acceptors (Lipinski definition) is 3. The number of rotatable bonds is 3. The van der Waals surface area contributed by atoms with E-state index in [0.29, 0.717) is 31.5 Å². The molecule has 0 spiro atoms. The van der Waals surface area contributed by atoms with Crippen LogP contribution in [0.2, 0.25) is 0 Å². The molecule has 0 radical (unpaired) electrons. The van der Waals surface area contributed by atoms with Crippen LogP contribution in [-0.4, -0.2) is 41.6 Å². The molecule has 2 aliphatic carbocycles. The van der Waals surface area contributed by atoms with Crippen molar-refractivity contribution in [1.29, 1.82) is 5.26 Å². The third-order valence-corrected chi connectivity index (χ3v) is 4.60. The number of nitrogens with zero attached hydrogens (tertiary/aromatic N) is 2. The molecule has 4 rings (SSSR count). The topological polar surface area (TPSA) is 69.1 Å². The van der Waals surface area contributed by atoms with E-state index in [1.165, 1.54) is 31.4 Å². The van der Waals surface area contributed by atoms with Crippen molar-refractivity contribution in [2.24, 2.45) is 0 Å². The minimum absolute atomic E-state index is 0.0589. The van der Waals surface area contributed by atoms with Gasteiger partial charge in [0.15, 0.2) is 6.10 Å². The van der Waals surface area contributed by atoms with Gasteiger partial charge in [-0.3, -0.25) is 4.79 Å². The lowest BCUT2D eigenvalue weighted by atomic mass is 10.1. The van der Waals surface area contributed by atoms with E-state index in [4.69, 9.17) is 10.00 Å². The third-order valence-electron chi connectivity index (χ3n) is 4.60. The van der Waals surface area contributed by atoms with Crippen molar-refractivity contribution in [3.63, 3.8) is 0 Å². The lowest BCUT2D eigenvalue weighted by molar-refractivity contribution is 0.00342. The van der Waals surface area contributed by atoms with Crippen LogP contribution < -0.4 is 0 Å². The molecule has 110 valence electrons. The molecule has 1 unspecified atom stereocenters. The molecule has 1 aliphatic heterocycles. The normalized spacial score (nSPS) is 25.7. The molecule has 0 aromatic carbocycles. The van der Waals surface area contributed by atoms with Crippen molar-refractivity contribution in [2.45, 2.75) is 43.6 Å². The van der Waals surface area contributed by atoms with Gasteiger partial charge in [0.25, 0.3) is 5.91 Å². The first-order valence-electron chi connectivity index (χ1n) is 7.79. The molecule has 5 heteroatoms. The summed E-state index contributed by atoms with van der Waals surface area (Å²) >= 11 is 0. The maximum atomic E-state index is 12.8. The van der Waals surface area contributed by atoms with E-state index in [9.17, 15) is 4.79 Å². The number of H-pyrrole nitrogens is 1. The van der Waals surface area contributed by atoms with E-state index >= 15 is 0 Å². The molecule has 1 atom stereocenters. The monoisotopic (exact) mass is 285 g/mol. The van der Waals surface area contributed by atoms with E-state index in [2.05, 4.69) is 17.1 Å². The van der Waals surface area contributed by atoms with Gasteiger partial charge < -0.3 is 14.6 Å². The van der Waals surface area contributed by atoms with Crippen LogP contribution in [0.5, 0.6) is 0 Å². The first kappa shape index (κ1) is 12.9. The third kappa shape index (κ3) is 2.44. The van der Waals surface area contributed by atoms with Crippen molar-refractivity contribution in [3.05, 3.63) is 23.0 Å². The molecule has 1 amide bonds. The van der Waals surface area contributed by atoms with Gasteiger partial charge in [0.05, 0.1) is 24.8 Å². The van der Waals surface area contributed by atoms with E-state index in [1.54, 1.807) is 4.90 Å². The fourth-order valence-corrected chi connectivity index (χ4v) is 3.06. The van der Waals surface area contributed by atoms with Crippen molar-refractivity contribution < 1.29 is 9.53 Å². The SMILES string of the molecule is N#CC1CN(C(=O)c2cc(C3CC3)[nH]c2C2CC2)CCO1. The van der Waals surface area contributed by atoms with Gasteiger partial charge in [0, 0.05) is 17.9 Å². The molecule has 3 aliphatic rings. The second-order valence-electron chi connectivity index (χ2n) is 6.34. The Balaban J connectivity index is 1.59. The Hall–Kier alpha value is -1.80. The number of ether oxygens (including phenoxy) is 1. The number of carbonyl (C=O) groups is 1. The Morgan fingerprint density at radius 3 is 2.76 bits per heavy atom. The molecule has 0 bridgehead atoms. The van der Waals surface area contributed by atoms with Gasteiger partial charge in [-0.15, -0.1) is 0 Å². The van der Waals surface area contributed by atoms with Crippen LogP contribution in [0.3, 0.4) is 0 Å². The Morgan fingerprint density at radius 1 is 1.33 bits per heavy atom. The predicted octanol–water partition coefficient (Wildman–Crippen LogP) is 2.13. The van der Waals surface area contributed by atoms with Gasteiger partial charge in [-0.05, 0) is 43.6 Å². The summed E-state index contributed by atoms with van der Waals surface area (Å²) in [5.74, 6) is 1.22. The van der Waals surface area contributed by atoms with E-state index in [-0.39, 0.29) is 5.91 Å². The number of amides is 1. The number of aromatic amines is 1. The quantitative estimate of drug-likeness (QED) is 0.925. The summed E-state index contributed by atoms with van der Waals surface area (Å²) in [4.78, 5) is 18.1. The summed E-state index contributed by atoms with van der Waals surface area (Å²) in [5, 5.41) is 8.98. The maximum Gasteiger partial charge on any atom is 0.255 e. The van der Waals surface area contributed by atoms with Crippen LogP contribution in [0.1, 0.15) is 59.3 Å². The Bertz CT molecular complexity index is 608. The summed E-state index contributed by atoms with van der Waals surface area (Å²) < 4.78 is 5.32. The minimum Gasteiger partial charge on any atom is -0.361 e. The zero-order valence-corrected chi connectivity index (χ0v) is 12.0. The van der Waals surface area contributed by atoms with Crippen molar-refractivity contribution >= 4 is 5.91 Å². The summed E-state index contributed by atoms with van der Waals surface area (Å²) in [5.41, 5.74) is 3.19. The Labute approximate surface area is 123 Å². The largest absolute Gasteiger partial charge is 0.361 e. The average molecular weight is 285 g/mol. The number of carbonyl (C=O) groups excluding carboxylic acids is 1. The standard InChI is InChI=1S/C16H19N3O2/c17-8-12-9-19(5-6-21-12)16(20)13-7-14(10-1-2-10)18-15(13)11-3-4-11/h7,10-12,18H,1-6,9H2. The highest BCUT2D eigenvalue weighted by atomic mass is 16.5. The summed E-state index contributed by atoms with van der Waals surface area (Å²) in [7, 11) is 0. The predicted molar refractivity (Wildman–Crippen MR) is 76.0 cm³/mol. The summed E-state index contributed by atoms with van der Waals surface area (Å²) in [6.07, 6.45) is 4.32. The van der Waals surface area contributed by atoms with Crippen LogP contribution in [0.15, 0.2) is 6.07 Å². The van der Waals surface area contributed by atoms with E-state index in [1.807, 2.05) is 0 Å². The van der Waals surface area contributed by atoms with Gasteiger partial charge >= 0.3 is 0 Å². The molecule has 1 aromatic rings. The number of aromatic nitrogens is 1. The molecular weight excluding hydrogens is 266 g/mol. The fraction of sp³-hybridized carbons (Fsp3) is 0.625. The molecule has 5 nitrogen and oxygen atoms in total. The lowest BCUT2D eigenvalue weighted by Gasteiger charge is -2.29. The zero-order valence-electron chi connectivity index (χ0n) is 12.0. The van der Waals surface area contributed by atoms with Crippen molar-refractivity contribution in [3.8, 4) is 6.07 Å². The summed E-state index contributed by atoms with van der Waals surface area (Å²) in [6, 6.07) is 4.16. The average Bonchev–Trinajstić information content (AvgIpc) is 3.45. The van der Waals surface area contributed by atoms with E-state index < -0.39 is 6.10 Å². The molecule has 2 saturated carbocycles.